The zero-order valence-corrected chi connectivity index (χ0v) is 12.6. The maximum Gasteiger partial charge on any atom is 0.254 e. The average Bonchev–Trinajstić information content (AvgIpc) is 3.28. The van der Waals surface area contributed by atoms with Crippen molar-refractivity contribution >= 4 is 5.91 Å². The quantitative estimate of drug-likeness (QED) is 0.879. The van der Waals surface area contributed by atoms with Crippen LogP contribution in [-0.4, -0.2) is 49.9 Å². The average molecular weight is 300 g/mol. The van der Waals surface area contributed by atoms with E-state index in [1.165, 1.54) is 0 Å². The number of benzene rings is 1. The molecule has 1 aliphatic rings. The van der Waals surface area contributed by atoms with Gasteiger partial charge in [-0.1, -0.05) is 12.1 Å². The monoisotopic (exact) mass is 300 g/mol. The first-order chi connectivity index (χ1) is 10.7. The smallest absolute Gasteiger partial charge is 0.254 e. The second-order valence-corrected chi connectivity index (χ2v) is 5.47. The lowest BCUT2D eigenvalue weighted by molar-refractivity contribution is 0.0707. The predicted molar refractivity (Wildman–Crippen MR) is 82.3 cm³/mol. The molecule has 1 saturated carbocycles. The maximum absolute atomic E-state index is 12.5. The minimum atomic E-state index is -0.0138. The number of amides is 1. The number of aliphatic hydroxyl groups excluding tert-OH is 1. The molecule has 116 valence electrons. The Morgan fingerprint density at radius 3 is 2.68 bits per heavy atom. The molecule has 0 atom stereocenters. The summed E-state index contributed by atoms with van der Waals surface area (Å²) >= 11 is 0. The fourth-order valence-electron chi connectivity index (χ4n) is 2.58. The van der Waals surface area contributed by atoms with Gasteiger partial charge in [-0.2, -0.15) is 0 Å². The van der Waals surface area contributed by atoms with Gasteiger partial charge in [0.25, 0.3) is 5.91 Å². The van der Waals surface area contributed by atoms with Crippen LogP contribution < -0.4 is 0 Å². The lowest BCUT2D eigenvalue weighted by atomic mass is 10.1. The van der Waals surface area contributed by atoms with Gasteiger partial charge in [0.1, 0.15) is 6.33 Å². The first kappa shape index (κ1) is 14.7. The number of aromatic nitrogens is 3. The number of carbonyl (C=O) groups is 1. The highest BCUT2D eigenvalue weighted by atomic mass is 16.3. The highest BCUT2D eigenvalue weighted by Crippen LogP contribution is 2.28. The van der Waals surface area contributed by atoms with E-state index in [2.05, 4.69) is 10.2 Å². The summed E-state index contributed by atoms with van der Waals surface area (Å²) in [6, 6.07) is 7.72. The number of aliphatic hydroxyl groups is 1. The second kappa shape index (κ2) is 6.27. The highest BCUT2D eigenvalue weighted by molar-refractivity contribution is 5.95. The van der Waals surface area contributed by atoms with E-state index in [4.69, 9.17) is 5.11 Å². The van der Waals surface area contributed by atoms with Crippen molar-refractivity contribution in [3.05, 3.63) is 36.2 Å². The molecule has 0 unspecified atom stereocenters. The van der Waals surface area contributed by atoms with Gasteiger partial charge in [-0.05, 0) is 31.9 Å². The topological polar surface area (TPSA) is 71.2 Å². The lowest BCUT2D eigenvalue weighted by Crippen LogP contribution is -2.35. The molecule has 1 fully saturated rings. The van der Waals surface area contributed by atoms with Crippen LogP contribution in [0, 0.1) is 0 Å². The van der Waals surface area contributed by atoms with Gasteiger partial charge >= 0.3 is 0 Å². The van der Waals surface area contributed by atoms with Crippen LogP contribution in [-0.2, 0) is 6.54 Å². The van der Waals surface area contributed by atoms with E-state index in [9.17, 15) is 4.79 Å². The molecule has 0 aliphatic heterocycles. The van der Waals surface area contributed by atoms with Crippen molar-refractivity contribution in [2.75, 3.05) is 13.2 Å². The Bertz CT molecular complexity index is 646. The van der Waals surface area contributed by atoms with Crippen LogP contribution in [0.2, 0.25) is 0 Å². The van der Waals surface area contributed by atoms with Gasteiger partial charge in [0.15, 0.2) is 5.82 Å². The summed E-state index contributed by atoms with van der Waals surface area (Å²) in [6.45, 7) is 3.23. The number of carbonyl (C=O) groups excluding carboxylic acids is 1. The first-order valence-electron chi connectivity index (χ1n) is 7.64. The van der Waals surface area contributed by atoms with Gasteiger partial charge in [0.05, 0.1) is 6.61 Å². The van der Waals surface area contributed by atoms with Gasteiger partial charge in [-0.3, -0.25) is 4.79 Å². The van der Waals surface area contributed by atoms with E-state index in [0.717, 1.165) is 30.8 Å². The van der Waals surface area contributed by atoms with Crippen molar-refractivity contribution in [3.8, 4) is 11.4 Å². The van der Waals surface area contributed by atoms with Crippen LogP contribution in [0.3, 0.4) is 0 Å². The van der Waals surface area contributed by atoms with Gasteiger partial charge in [0.2, 0.25) is 0 Å². The van der Waals surface area contributed by atoms with Crippen molar-refractivity contribution in [3.63, 3.8) is 0 Å². The highest BCUT2D eigenvalue weighted by Gasteiger charge is 2.32. The molecule has 1 amide bonds. The van der Waals surface area contributed by atoms with E-state index in [0.29, 0.717) is 18.2 Å². The second-order valence-electron chi connectivity index (χ2n) is 5.47. The minimum absolute atomic E-state index is 0.0000711. The Kier molecular flexibility index (Phi) is 4.20. The normalized spacial score (nSPS) is 14.1. The van der Waals surface area contributed by atoms with Gasteiger partial charge in [0, 0.05) is 30.3 Å². The number of hydrogen-bond donors (Lipinski definition) is 1. The van der Waals surface area contributed by atoms with Crippen molar-refractivity contribution < 1.29 is 9.90 Å². The third-order valence-corrected chi connectivity index (χ3v) is 3.94. The molecule has 1 heterocycles. The summed E-state index contributed by atoms with van der Waals surface area (Å²) in [7, 11) is 0. The molecule has 6 nitrogen and oxygen atoms in total. The molecular formula is C16H20N4O2. The number of aryl methyl sites for hydroxylation is 1. The summed E-state index contributed by atoms with van der Waals surface area (Å²) in [5.41, 5.74) is 1.59. The van der Waals surface area contributed by atoms with Gasteiger partial charge in [-0.15, -0.1) is 10.2 Å². The van der Waals surface area contributed by atoms with Crippen LogP contribution in [0.4, 0.5) is 0 Å². The van der Waals surface area contributed by atoms with Crippen molar-refractivity contribution in [1.82, 2.24) is 19.7 Å². The molecular weight excluding hydrogens is 280 g/mol. The largest absolute Gasteiger partial charge is 0.395 e. The van der Waals surface area contributed by atoms with Crippen LogP contribution in [0.5, 0.6) is 0 Å². The Labute approximate surface area is 129 Å². The van der Waals surface area contributed by atoms with Crippen molar-refractivity contribution in [1.29, 1.82) is 0 Å². The van der Waals surface area contributed by atoms with E-state index in [1.54, 1.807) is 11.2 Å². The zero-order valence-electron chi connectivity index (χ0n) is 12.6. The van der Waals surface area contributed by atoms with E-state index < -0.39 is 0 Å². The Balaban J connectivity index is 1.80. The molecule has 0 spiro atoms. The predicted octanol–water partition coefficient (Wildman–Crippen LogP) is 1.56. The van der Waals surface area contributed by atoms with Crippen LogP contribution in [0.15, 0.2) is 30.6 Å². The fourth-order valence-corrected chi connectivity index (χ4v) is 2.58. The molecule has 1 aliphatic carbocycles. The third-order valence-electron chi connectivity index (χ3n) is 3.94. The zero-order chi connectivity index (χ0) is 15.5. The van der Waals surface area contributed by atoms with E-state index >= 15 is 0 Å². The molecule has 0 bridgehead atoms. The molecule has 6 heteroatoms. The van der Waals surface area contributed by atoms with Gasteiger partial charge in [-0.25, -0.2) is 0 Å². The van der Waals surface area contributed by atoms with E-state index in [-0.39, 0.29) is 12.5 Å². The number of rotatable bonds is 6. The first-order valence-corrected chi connectivity index (χ1v) is 7.64. The molecule has 1 aromatic heterocycles. The molecule has 1 aromatic carbocycles. The standard InChI is InChI=1S/C16H20N4O2/c1-2-19-11-17-18-15(19)12-3-5-13(6-4-12)16(22)20(9-10-21)14-7-8-14/h3-6,11,14,21H,2,7-10H2,1H3. The minimum Gasteiger partial charge on any atom is -0.395 e. The van der Waals surface area contributed by atoms with Crippen LogP contribution in [0.25, 0.3) is 11.4 Å². The molecule has 1 N–H and O–H groups in total. The maximum atomic E-state index is 12.5. The molecule has 0 saturated heterocycles. The molecule has 22 heavy (non-hydrogen) atoms. The molecule has 2 aromatic rings. The van der Waals surface area contributed by atoms with Crippen LogP contribution in [0.1, 0.15) is 30.1 Å². The van der Waals surface area contributed by atoms with Crippen molar-refractivity contribution in [2.45, 2.75) is 32.4 Å². The number of hydrogen-bond acceptors (Lipinski definition) is 4. The lowest BCUT2D eigenvalue weighted by Gasteiger charge is -2.21. The Morgan fingerprint density at radius 2 is 2.09 bits per heavy atom. The Hall–Kier alpha value is -2.21. The SMILES string of the molecule is CCn1cnnc1-c1ccc(C(=O)N(CCO)C2CC2)cc1. The fraction of sp³-hybridized carbons (Fsp3) is 0.438. The summed E-state index contributed by atoms with van der Waals surface area (Å²) in [5.74, 6) is 0.788. The summed E-state index contributed by atoms with van der Waals surface area (Å²) < 4.78 is 1.96. The molecule has 0 radical (unpaired) electrons. The molecule has 3 rings (SSSR count). The van der Waals surface area contributed by atoms with Crippen LogP contribution >= 0.6 is 0 Å². The summed E-state index contributed by atoms with van der Waals surface area (Å²) in [5, 5.41) is 17.2. The number of nitrogens with zero attached hydrogens (tertiary/aromatic N) is 4. The Morgan fingerprint density at radius 1 is 1.36 bits per heavy atom. The van der Waals surface area contributed by atoms with Gasteiger partial charge < -0.3 is 14.6 Å². The summed E-state index contributed by atoms with van der Waals surface area (Å²) in [4.78, 5) is 14.3. The van der Waals surface area contributed by atoms with Crippen molar-refractivity contribution in [2.24, 2.45) is 0 Å². The van der Waals surface area contributed by atoms with E-state index in [1.807, 2.05) is 35.8 Å². The third kappa shape index (κ3) is 2.87. The summed E-state index contributed by atoms with van der Waals surface area (Å²) in [6.07, 6.45) is 3.76.